The molecule has 0 aliphatic heterocycles. The molecular formula is C19H26N2O2. The average Bonchev–Trinajstić information content (AvgIpc) is 2.81. The van der Waals surface area contributed by atoms with Crippen molar-refractivity contribution in [2.45, 2.75) is 47.5 Å². The van der Waals surface area contributed by atoms with Crippen LogP contribution in [0.4, 0.5) is 0 Å². The van der Waals surface area contributed by atoms with Gasteiger partial charge in [0.15, 0.2) is 5.89 Å². The molecule has 124 valence electrons. The van der Waals surface area contributed by atoms with Crippen molar-refractivity contribution in [1.82, 2.24) is 10.3 Å². The van der Waals surface area contributed by atoms with Gasteiger partial charge in [0.2, 0.25) is 5.76 Å². The maximum Gasteiger partial charge on any atom is 0.289 e. The van der Waals surface area contributed by atoms with Crippen LogP contribution in [-0.2, 0) is 12.8 Å². The van der Waals surface area contributed by atoms with E-state index < -0.39 is 0 Å². The molecule has 0 aliphatic carbocycles. The van der Waals surface area contributed by atoms with Gasteiger partial charge in [-0.1, -0.05) is 37.6 Å². The summed E-state index contributed by atoms with van der Waals surface area (Å²) in [4.78, 5) is 16.6. The molecule has 0 saturated carbocycles. The second-order valence-corrected chi connectivity index (χ2v) is 6.56. The number of nitrogens with one attached hydrogen (secondary N) is 1. The van der Waals surface area contributed by atoms with E-state index in [2.05, 4.69) is 56.2 Å². The van der Waals surface area contributed by atoms with Crippen molar-refractivity contribution in [2.24, 2.45) is 5.92 Å². The van der Waals surface area contributed by atoms with E-state index in [4.69, 9.17) is 4.42 Å². The Labute approximate surface area is 138 Å². The van der Waals surface area contributed by atoms with Crippen molar-refractivity contribution < 1.29 is 9.21 Å². The van der Waals surface area contributed by atoms with E-state index in [0.717, 1.165) is 12.8 Å². The summed E-state index contributed by atoms with van der Waals surface area (Å²) in [5.41, 5.74) is 4.43. The molecule has 0 unspecified atom stereocenters. The maximum absolute atomic E-state index is 12.2. The largest absolute Gasteiger partial charge is 0.435 e. The van der Waals surface area contributed by atoms with Gasteiger partial charge in [0, 0.05) is 13.0 Å². The monoisotopic (exact) mass is 314 g/mol. The van der Waals surface area contributed by atoms with Crippen LogP contribution in [0.2, 0.25) is 0 Å². The van der Waals surface area contributed by atoms with E-state index in [1.165, 1.54) is 16.7 Å². The molecule has 2 rings (SSSR count). The van der Waals surface area contributed by atoms with E-state index in [-0.39, 0.29) is 5.91 Å². The zero-order chi connectivity index (χ0) is 17.0. The standard InChI is InChI=1S/C19H26N2O2/c1-12(2)10-17-21-15(5)18(23-17)19(22)20-9-8-16-7-6-13(3)11-14(16)4/h6-7,11-12H,8-10H2,1-5H3,(H,20,22). The Morgan fingerprint density at radius 3 is 2.65 bits per heavy atom. The van der Waals surface area contributed by atoms with Crippen LogP contribution >= 0.6 is 0 Å². The van der Waals surface area contributed by atoms with Crippen molar-refractivity contribution in [3.63, 3.8) is 0 Å². The Kier molecular flexibility index (Phi) is 5.59. The van der Waals surface area contributed by atoms with Gasteiger partial charge in [0.1, 0.15) is 0 Å². The minimum absolute atomic E-state index is 0.185. The fourth-order valence-corrected chi connectivity index (χ4v) is 2.62. The number of hydrogen-bond donors (Lipinski definition) is 1. The van der Waals surface area contributed by atoms with Crippen molar-refractivity contribution >= 4 is 5.91 Å². The Balaban J connectivity index is 1.93. The van der Waals surface area contributed by atoms with Gasteiger partial charge < -0.3 is 9.73 Å². The smallest absolute Gasteiger partial charge is 0.289 e. The molecule has 0 aliphatic rings. The van der Waals surface area contributed by atoms with Crippen LogP contribution in [-0.4, -0.2) is 17.4 Å². The summed E-state index contributed by atoms with van der Waals surface area (Å²) in [6.07, 6.45) is 1.56. The summed E-state index contributed by atoms with van der Waals surface area (Å²) in [5.74, 6) is 1.24. The number of aromatic nitrogens is 1. The maximum atomic E-state index is 12.2. The third kappa shape index (κ3) is 4.68. The number of hydrogen-bond acceptors (Lipinski definition) is 3. The van der Waals surface area contributed by atoms with Crippen molar-refractivity contribution in [3.8, 4) is 0 Å². The highest BCUT2D eigenvalue weighted by atomic mass is 16.4. The molecule has 0 spiro atoms. The first kappa shape index (κ1) is 17.3. The zero-order valence-electron chi connectivity index (χ0n) is 14.7. The second-order valence-electron chi connectivity index (χ2n) is 6.56. The topological polar surface area (TPSA) is 55.1 Å². The molecule has 1 N–H and O–H groups in total. The van der Waals surface area contributed by atoms with E-state index >= 15 is 0 Å². The van der Waals surface area contributed by atoms with Crippen molar-refractivity contribution in [1.29, 1.82) is 0 Å². The summed E-state index contributed by atoms with van der Waals surface area (Å²) in [6.45, 7) is 10.8. The summed E-state index contributed by atoms with van der Waals surface area (Å²) in [5, 5.41) is 2.92. The number of rotatable bonds is 6. The Bertz CT molecular complexity index is 687. The number of benzene rings is 1. The first-order valence-corrected chi connectivity index (χ1v) is 8.17. The molecule has 23 heavy (non-hydrogen) atoms. The van der Waals surface area contributed by atoms with Gasteiger partial charge in [-0.15, -0.1) is 0 Å². The van der Waals surface area contributed by atoms with E-state index in [1.807, 2.05) is 6.92 Å². The normalized spacial score (nSPS) is 11.0. The van der Waals surface area contributed by atoms with Crippen LogP contribution in [0.5, 0.6) is 0 Å². The molecule has 1 aromatic carbocycles. The van der Waals surface area contributed by atoms with Gasteiger partial charge in [-0.25, -0.2) is 4.98 Å². The number of carbonyl (C=O) groups excluding carboxylic acids is 1. The van der Waals surface area contributed by atoms with Gasteiger partial charge in [-0.2, -0.15) is 0 Å². The Morgan fingerprint density at radius 1 is 1.26 bits per heavy atom. The number of nitrogens with zero attached hydrogens (tertiary/aromatic N) is 1. The van der Waals surface area contributed by atoms with Gasteiger partial charge in [0.05, 0.1) is 5.69 Å². The van der Waals surface area contributed by atoms with E-state index in [0.29, 0.717) is 29.8 Å². The predicted octanol–water partition coefficient (Wildman–Crippen LogP) is 3.77. The number of amides is 1. The molecule has 2 aromatic rings. The lowest BCUT2D eigenvalue weighted by Crippen LogP contribution is -2.26. The lowest BCUT2D eigenvalue weighted by molar-refractivity contribution is 0.0923. The first-order valence-electron chi connectivity index (χ1n) is 8.17. The van der Waals surface area contributed by atoms with Gasteiger partial charge in [0.25, 0.3) is 5.91 Å². The molecule has 0 saturated heterocycles. The van der Waals surface area contributed by atoms with Gasteiger partial charge in [-0.3, -0.25) is 4.79 Å². The van der Waals surface area contributed by atoms with Gasteiger partial charge >= 0.3 is 0 Å². The molecule has 1 amide bonds. The van der Waals surface area contributed by atoms with Crippen LogP contribution in [0.15, 0.2) is 22.6 Å². The molecule has 0 radical (unpaired) electrons. The molecule has 0 bridgehead atoms. The lowest BCUT2D eigenvalue weighted by Gasteiger charge is -2.08. The second kappa shape index (κ2) is 7.44. The molecule has 4 heteroatoms. The minimum Gasteiger partial charge on any atom is -0.435 e. The van der Waals surface area contributed by atoms with E-state index in [9.17, 15) is 4.79 Å². The Morgan fingerprint density at radius 2 is 2.00 bits per heavy atom. The minimum atomic E-state index is -0.185. The fourth-order valence-electron chi connectivity index (χ4n) is 2.62. The van der Waals surface area contributed by atoms with Crippen LogP contribution < -0.4 is 5.32 Å². The third-order valence-corrected chi connectivity index (χ3v) is 3.81. The number of aryl methyl sites for hydroxylation is 3. The van der Waals surface area contributed by atoms with Crippen molar-refractivity contribution in [3.05, 3.63) is 52.2 Å². The highest BCUT2D eigenvalue weighted by Gasteiger charge is 2.17. The first-order chi connectivity index (χ1) is 10.9. The molecular weight excluding hydrogens is 288 g/mol. The molecule has 1 aromatic heterocycles. The predicted molar refractivity (Wildman–Crippen MR) is 91.7 cm³/mol. The summed E-state index contributed by atoms with van der Waals surface area (Å²) < 4.78 is 5.61. The quantitative estimate of drug-likeness (QED) is 0.883. The van der Waals surface area contributed by atoms with Crippen LogP contribution in [0, 0.1) is 26.7 Å². The average molecular weight is 314 g/mol. The molecule has 0 atom stereocenters. The highest BCUT2D eigenvalue weighted by molar-refractivity contribution is 5.92. The van der Waals surface area contributed by atoms with Crippen LogP contribution in [0.1, 0.15) is 52.7 Å². The molecule has 1 heterocycles. The SMILES string of the molecule is Cc1ccc(CCNC(=O)c2oc(CC(C)C)nc2C)c(C)c1. The van der Waals surface area contributed by atoms with Crippen molar-refractivity contribution in [2.75, 3.05) is 6.54 Å². The van der Waals surface area contributed by atoms with Gasteiger partial charge in [-0.05, 0) is 44.2 Å². The molecule has 0 fully saturated rings. The fraction of sp³-hybridized carbons (Fsp3) is 0.474. The Hall–Kier alpha value is -2.10. The lowest BCUT2D eigenvalue weighted by atomic mass is 10.0. The number of oxazole rings is 1. The summed E-state index contributed by atoms with van der Waals surface area (Å²) in [7, 11) is 0. The zero-order valence-corrected chi connectivity index (χ0v) is 14.7. The molecule has 4 nitrogen and oxygen atoms in total. The third-order valence-electron chi connectivity index (χ3n) is 3.81. The number of carbonyl (C=O) groups is 1. The van der Waals surface area contributed by atoms with Crippen LogP contribution in [0.25, 0.3) is 0 Å². The highest BCUT2D eigenvalue weighted by Crippen LogP contribution is 2.14. The van der Waals surface area contributed by atoms with Crippen LogP contribution in [0.3, 0.4) is 0 Å². The van der Waals surface area contributed by atoms with E-state index in [1.54, 1.807) is 0 Å². The summed E-state index contributed by atoms with van der Waals surface area (Å²) >= 11 is 0. The summed E-state index contributed by atoms with van der Waals surface area (Å²) in [6, 6.07) is 6.39.